The second-order valence-corrected chi connectivity index (χ2v) is 18.2. The maximum Gasteiger partial charge on any atom is 0.227 e. The van der Waals surface area contributed by atoms with Crippen molar-refractivity contribution in [3.8, 4) is 56.7 Å². The van der Waals surface area contributed by atoms with Crippen molar-refractivity contribution in [1.29, 1.82) is 0 Å². The zero-order valence-corrected chi connectivity index (χ0v) is 38.0. The highest BCUT2D eigenvalue weighted by Gasteiger charge is 2.21. The summed E-state index contributed by atoms with van der Waals surface area (Å²) in [5, 5.41) is 11.2. The standard InChI is InChI=1S/C64H38N6O/c1-2-17-43(18-3-1)69-55-27-10-8-23-48(55)52-36-39(30-32-57(52)69)40-31-33-58-53(37-40)49-24-9-11-28-56(49)70(58)44-19-12-16-42(35-44)61-66-62(50-25-13-29-59-60(50)51-26-14-34-65-64(51)71-59)68-63(67-61)54-38-41-15-4-5-20-45(41)46-21-6-7-22-47(46)54/h1-38H. The van der Waals surface area contributed by atoms with E-state index in [4.69, 9.17) is 19.4 Å². The Balaban J connectivity index is 0.905. The number of fused-ring (bicyclic) bond motifs is 12. The zero-order chi connectivity index (χ0) is 46.6. The van der Waals surface area contributed by atoms with E-state index in [1.165, 1.54) is 43.5 Å². The summed E-state index contributed by atoms with van der Waals surface area (Å²) >= 11 is 0. The Labute approximate surface area is 406 Å². The monoisotopic (exact) mass is 906 g/mol. The predicted octanol–water partition coefficient (Wildman–Crippen LogP) is 16.3. The lowest BCUT2D eigenvalue weighted by Crippen LogP contribution is -2.02. The molecule has 5 heterocycles. The highest BCUT2D eigenvalue weighted by atomic mass is 16.3. The maximum atomic E-state index is 6.27. The fraction of sp³-hybridized carbons (Fsp3) is 0. The van der Waals surface area contributed by atoms with Crippen LogP contribution in [0.4, 0.5) is 0 Å². The summed E-state index contributed by atoms with van der Waals surface area (Å²) in [6.07, 6.45) is 1.75. The van der Waals surface area contributed by atoms with Crippen molar-refractivity contribution in [3.63, 3.8) is 0 Å². The van der Waals surface area contributed by atoms with Crippen LogP contribution >= 0.6 is 0 Å². The van der Waals surface area contributed by atoms with Gasteiger partial charge in [-0.05, 0) is 118 Å². The molecule has 0 saturated heterocycles. The Bertz CT molecular complexity index is 4660. The van der Waals surface area contributed by atoms with Crippen molar-refractivity contribution in [2.24, 2.45) is 0 Å². The molecule has 0 saturated carbocycles. The van der Waals surface area contributed by atoms with Crippen LogP contribution in [0, 0.1) is 0 Å². The molecule has 10 aromatic carbocycles. The van der Waals surface area contributed by atoms with Crippen molar-refractivity contribution in [2.45, 2.75) is 0 Å². The van der Waals surface area contributed by atoms with Crippen LogP contribution in [0.2, 0.25) is 0 Å². The maximum absolute atomic E-state index is 6.27. The molecule has 0 radical (unpaired) electrons. The zero-order valence-electron chi connectivity index (χ0n) is 38.0. The Kier molecular flexibility index (Phi) is 8.52. The molecule has 0 fully saturated rings. The molecule has 71 heavy (non-hydrogen) atoms. The van der Waals surface area contributed by atoms with E-state index in [1.54, 1.807) is 6.20 Å². The second kappa shape index (κ2) is 15.4. The molecule has 7 heteroatoms. The summed E-state index contributed by atoms with van der Waals surface area (Å²) < 4.78 is 11.0. The van der Waals surface area contributed by atoms with E-state index >= 15 is 0 Å². The molecule has 7 nitrogen and oxygen atoms in total. The first kappa shape index (κ1) is 39.3. The average Bonchev–Trinajstić information content (AvgIpc) is 4.10. The summed E-state index contributed by atoms with van der Waals surface area (Å²) in [4.78, 5) is 20.6. The summed E-state index contributed by atoms with van der Waals surface area (Å²) in [7, 11) is 0. The molecule has 0 atom stereocenters. The average molecular weight is 907 g/mol. The molecule has 0 aliphatic heterocycles. The highest BCUT2D eigenvalue weighted by molar-refractivity contribution is 6.15. The third-order valence-electron chi connectivity index (χ3n) is 14.2. The number of rotatable bonds is 6. The molecular formula is C64H38N6O. The van der Waals surface area contributed by atoms with Gasteiger partial charge >= 0.3 is 0 Å². The van der Waals surface area contributed by atoms with Gasteiger partial charge in [-0.1, -0.05) is 140 Å². The molecule has 0 spiro atoms. The number of para-hydroxylation sites is 3. The lowest BCUT2D eigenvalue weighted by molar-refractivity contribution is 0.654. The first-order valence-electron chi connectivity index (χ1n) is 23.9. The van der Waals surface area contributed by atoms with E-state index in [-0.39, 0.29) is 0 Å². The minimum Gasteiger partial charge on any atom is -0.438 e. The van der Waals surface area contributed by atoms with Gasteiger partial charge in [0.05, 0.1) is 22.1 Å². The van der Waals surface area contributed by atoms with E-state index in [2.05, 4.69) is 214 Å². The molecule has 5 aromatic heterocycles. The number of benzene rings is 10. The molecule has 0 aliphatic carbocycles. The fourth-order valence-electron chi connectivity index (χ4n) is 11.1. The van der Waals surface area contributed by atoms with Gasteiger partial charge in [0.1, 0.15) is 5.58 Å². The minimum atomic E-state index is 0.553. The van der Waals surface area contributed by atoms with Gasteiger partial charge in [0, 0.05) is 66.6 Å². The van der Waals surface area contributed by atoms with Crippen LogP contribution in [0.3, 0.4) is 0 Å². The van der Waals surface area contributed by atoms with Gasteiger partial charge in [0.15, 0.2) is 17.5 Å². The van der Waals surface area contributed by atoms with Crippen LogP contribution in [0.5, 0.6) is 0 Å². The topological polar surface area (TPSA) is 74.6 Å². The van der Waals surface area contributed by atoms with Crippen LogP contribution < -0.4 is 0 Å². The van der Waals surface area contributed by atoms with Crippen molar-refractivity contribution in [1.82, 2.24) is 29.1 Å². The summed E-state index contributed by atoms with van der Waals surface area (Å²) in [5.41, 5.74) is 13.0. The largest absolute Gasteiger partial charge is 0.438 e. The highest BCUT2D eigenvalue weighted by Crippen LogP contribution is 2.41. The van der Waals surface area contributed by atoms with Gasteiger partial charge in [-0.25, -0.2) is 19.9 Å². The number of hydrogen-bond donors (Lipinski definition) is 0. The molecule has 0 amide bonds. The van der Waals surface area contributed by atoms with Crippen molar-refractivity contribution >= 4 is 87.2 Å². The van der Waals surface area contributed by atoms with Gasteiger partial charge in [-0.2, -0.15) is 0 Å². The molecule has 15 aromatic rings. The van der Waals surface area contributed by atoms with E-state index in [0.29, 0.717) is 23.2 Å². The van der Waals surface area contributed by atoms with Crippen LogP contribution in [-0.2, 0) is 0 Å². The van der Waals surface area contributed by atoms with Crippen LogP contribution in [0.15, 0.2) is 235 Å². The van der Waals surface area contributed by atoms with Gasteiger partial charge in [0.25, 0.3) is 0 Å². The Morgan fingerprint density at radius 3 is 1.63 bits per heavy atom. The van der Waals surface area contributed by atoms with E-state index < -0.39 is 0 Å². The minimum absolute atomic E-state index is 0.553. The number of nitrogens with zero attached hydrogens (tertiary/aromatic N) is 6. The SMILES string of the molecule is c1ccc(-n2c3ccccc3c3cc(-c4ccc5c(c4)c4ccccc4n5-c4cccc(-c5nc(-c6cc7ccccc7c7ccccc67)nc(-c6cccc7oc8ncccc8c67)n5)c4)ccc32)cc1. The number of hydrogen-bond acceptors (Lipinski definition) is 5. The molecule has 330 valence electrons. The van der Waals surface area contributed by atoms with Crippen LogP contribution in [-0.4, -0.2) is 29.1 Å². The van der Waals surface area contributed by atoms with E-state index in [1.807, 2.05) is 24.3 Å². The Morgan fingerprint density at radius 1 is 0.324 bits per heavy atom. The Morgan fingerprint density at radius 2 is 0.887 bits per heavy atom. The number of pyridine rings is 1. The predicted molar refractivity (Wildman–Crippen MR) is 290 cm³/mol. The lowest BCUT2D eigenvalue weighted by atomic mass is 9.96. The molecule has 0 N–H and O–H groups in total. The molecule has 15 rings (SSSR count). The third kappa shape index (κ3) is 6.10. The smallest absolute Gasteiger partial charge is 0.227 e. The third-order valence-corrected chi connectivity index (χ3v) is 14.2. The molecular weight excluding hydrogens is 869 g/mol. The lowest BCUT2D eigenvalue weighted by Gasteiger charge is -2.14. The van der Waals surface area contributed by atoms with Gasteiger partial charge < -0.3 is 13.6 Å². The quantitative estimate of drug-likeness (QED) is 0.155. The first-order valence-corrected chi connectivity index (χ1v) is 23.9. The molecule has 0 unspecified atom stereocenters. The normalized spacial score (nSPS) is 11.9. The first-order chi connectivity index (χ1) is 35.2. The van der Waals surface area contributed by atoms with Gasteiger partial charge in [-0.15, -0.1) is 0 Å². The van der Waals surface area contributed by atoms with E-state index in [9.17, 15) is 0 Å². The van der Waals surface area contributed by atoms with Gasteiger partial charge in [0.2, 0.25) is 5.71 Å². The Hall–Kier alpha value is -9.72. The molecule has 0 aliphatic rings. The molecule has 0 bridgehead atoms. The van der Waals surface area contributed by atoms with Crippen LogP contribution in [0.25, 0.3) is 144 Å². The summed E-state index contributed by atoms with van der Waals surface area (Å²) in [6.45, 7) is 0. The van der Waals surface area contributed by atoms with E-state index in [0.717, 1.165) is 77.2 Å². The van der Waals surface area contributed by atoms with Crippen molar-refractivity contribution in [2.75, 3.05) is 0 Å². The van der Waals surface area contributed by atoms with Crippen molar-refractivity contribution in [3.05, 3.63) is 231 Å². The summed E-state index contributed by atoms with van der Waals surface area (Å²) in [6, 6.07) is 79.6. The van der Waals surface area contributed by atoms with Crippen LogP contribution in [0.1, 0.15) is 0 Å². The number of aromatic nitrogens is 6. The van der Waals surface area contributed by atoms with Crippen molar-refractivity contribution < 1.29 is 4.42 Å². The van der Waals surface area contributed by atoms with Gasteiger partial charge in [-0.3, -0.25) is 0 Å². The number of furan rings is 1. The fourth-order valence-corrected chi connectivity index (χ4v) is 11.1. The summed E-state index contributed by atoms with van der Waals surface area (Å²) in [5.74, 6) is 1.71. The second-order valence-electron chi connectivity index (χ2n) is 18.2.